The minimum Gasteiger partial charge on any atom is -0.546 e. The van der Waals surface area contributed by atoms with Crippen LogP contribution in [0.2, 0.25) is 5.02 Å². The van der Waals surface area contributed by atoms with E-state index in [0.717, 1.165) is 6.92 Å². The lowest BCUT2D eigenvalue weighted by atomic mass is 10.2. The lowest BCUT2D eigenvalue weighted by Crippen LogP contribution is -2.44. The maximum absolute atomic E-state index is 14.3. The number of carboxylic acid groups (broad SMARTS) is 1. The number of ether oxygens (including phenoxy) is 1. The summed E-state index contributed by atoms with van der Waals surface area (Å²) in [5.41, 5.74) is -5.50. The van der Waals surface area contributed by atoms with Gasteiger partial charge in [-0.15, -0.1) is 0 Å². The number of aromatic nitrogens is 2. The minimum atomic E-state index is -5.03. The molecule has 1 heterocycles. The molecule has 8 nitrogen and oxygen atoms in total. The zero-order valence-corrected chi connectivity index (χ0v) is 15.3. The van der Waals surface area contributed by atoms with Gasteiger partial charge in [-0.3, -0.25) is 14.2 Å². The third-order valence-corrected chi connectivity index (χ3v) is 3.98. The van der Waals surface area contributed by atoms with E-state index in [0.29, 0.717) is 19.2 Å². The molecule has 29 heavy (non-hydrogen) atoms. The summed E-state index contributed by atoms with van der Waals surface area (Å²) >= 11 is 5.73. The molecule has 0 saturated heterocycles. The van der Waals surface area contributed by atoms with E-state index < -0.39 is 63.3 Å². The van der Waals surface area contributed by atoms with Crippen molar-refractivity contribution < 1.29 is 37.0 Å². The van der Waals surface area contributed by atoms with Gasteiger partial charge in [0.15, 0.2) is 11.9 Å². The summed E-state index contributed by atoms with van der Waals surface area (Å²) < 4.78 is 58.1. The fourth-order valence-corrected chi connectivity index (χ4v) is 2.52. The SMILES string of the molecule is CC(=O)C(Oc1cc(-n2c(=O)cc(C(F)(F)F)n(C)c2=O)c(F)cc1Cl)C(=O)[O-]. The molecule has 0 spiro atoms. The summed E-state index contributed by atoms with van der Waals surface area (Å²) in [4.78, 5) is 46.7. The molecule has 0 amide bonds. The molecule has 1 atom stereocenters. The monoisotopic (exact) mass is 437 g/mol. The number of Topliss-reactive ketones (excluding diaryl/α,β-unsaturated/α-hetero) is 1. The van der Waals surface area contributed by atoms with Gasteiger partial charge in [-0.05, 0) is 13.0 Å². The Balaban J connectivity index is 2.73. The summed E-state index contributed by atoms with van der Waals surface area (Å²) in [7, 11) is 0.716. The Bertz CT molecular complexity index is 1110. The van der Waals surface area contributed by atoms with Crippen LogP contribution < -0.4 is 21.1 Å². The first-order chi connectivity index (χ1) is 13.3. The summed E-state index contributed by atoms with van der Waals surface area (Å²) in [6.07, 6.45) is -7.17. The second kappa shape index (κ2) is 7.70. The normalized spacial score (nSPS) is 12.5. The standard InChI is InChI=1S/C16H11ClF4N2O6/c1-6(24)13(14(26)27)29-10-4-9(8(18)3-7(10)17)23-12(25)5-11(16(19,20)21)22(2)15(23)28/h3-5,13H,1-2H3,(H,26,27)/p-1. The highest BCUT2D eigenvalue weighted by Gasteiger charge is 2.35. The van der Waals surface area contributed by atoms with Crippen molar-refractivity contribution >= 4 is 23.4 Å². The van der Waals surface area contributed by atoms with E-state index in [1.807, 2.05) is 0 Å². The lowest BCUT2D eigenvalue weighted by molar-refractivity contribution is -0.311. The second-order valence-corrected chi connectivity index (χ2v) is 6.11. The number of ketones is 1. The average molecular weight is 438 g/mol. The Morgan fingerprint density at radius 2 is 1.79 bits per heavy atom. The van der Waals surface area contributed by atoms with E-state index >= 15 is 0 Å². The fraction of sp³-hybridized carbons (Fsp3) is 0.250. The van der Waals surface area contributed by atoms with Crippen LogP contribution in [0.4, 0.5) is 17.6 Å². The number of hydrogen-bond donors (Lipinski definition) is 0. The topological polar surface area (TPSA) is 110 Å². The van der Waals surface area contributed by atoms with Gasteiger partial charge in [0.2, 0.25) is 0 Å². The molecule has 0 N–H and O–H groups in total. The molecule has 1 aromatic carbocycles. The summed E-state index contributed by atoms with van der Waals surface area (Å²) in [6.45, 7) is 0.856. The minimum absolute atomic E-state index is 0.0650. The van der Waals surface area contributed by atoms with Crippen LogP contribution in [0.1, 0.15) is 12.6 Å². The lowest BCUT2D eigenvalue weighted by Gasteiger charge is -2.19. The van der Waals surface area contributed by atoms with E-state index in [4.69, 9.17) is 16.3 Å². The number of hydrogen-bond acceptors (Lipinski definition) is 6. The van der Waals surface area contributed by atoms with Crippen molar-refractivity contribution in [2.75, 3.05) is 0 Å². The van der Waals surface area contributed by atoms with Gasteiger partial charge in [0.05, 0.1) is 16.7 Å². The highest BCUT2D eigenvalue weighted by Crippen LogP contribution is 2.30. The van der Waals surface area contributed by atoms with Gasteiger partial charge in [-0.1, -0.05) is 11.6 Å². The molecule has 13 heteroatoms. The molecule has 0 fully saturated rings. The Morgan fingerprint density at radius 1 is 1.21 bits per heavy atom. The number of nitrogens with zero attached hydrogens (tertiary/aromatic N) is 2. The largest absolute Gasteiger partial charge is 0.546 e. The molecule has 0 saturated carbocycles. The number of halogens is 5. The van der Waals surface area contributed by atoms with Gasteiger partial charge in [0, 0.05) is 19.2 Å². The third-order valence-electron chi connectivity index (χ3n) is 3.68. The zero-order valence-electron chi connectivity index (χ0n) is 14.5. The van der Waals surface area contributed by atoms with Crippen molar-refractivity contribution in [1.29, 1.82) is 0 Å². The van der Waals surface area contributed by atoms with Crippen molar-refractivity contribution in [3.05, 3.63) is 55.6 Å². The predicted molar refractivity (Wildman–Crippen MR) is 87.4 cm³/mol. The van der Waals surface area contributed by atoms with Crippen LogP contribution in [0.25, 0.3) is 5.69 Å². The van der Waals surface area contributed by atoms with Crippen LogP contribution >= 0.6 is 11.6 Å². The van der Waals surface area contributed by atoms with E-state index in [1.165, 1.54) is 0 Å². The van der Waals surface area contributed by atoms with Crippen LogP contribution in [0.5, 0.6) is 5.75 Å². The molecule has 0 aliphatic rings. The van der Waals surface area contributed by atoms with Gasteiger partial charge in [0.1, 0.15) is 17.3 Å². The van der Waals surface area contributed by atoms with Crippen molar-refractivity contribution in [3.63, 3.8) is 0 Å². The van der Waals surface area contributed by atoms with E-state index in [1.54, 1.807) is 0 Å². The van der Waals surface area contributed by atoms with E-state index in [2.05, 4.69) is 0 Å². The molecule has 0 radical (unpaired) electrons. The molecule has 0 aliphatic heterocycles. The van der Waals surface area contributed by atoms with Crippen molar-refractivity contribution in [2.24, 2.45) is 7.05 Å². The highest BCUT2D eigenvalue weighted by atomic mass is 35.5. The molecule has 2 aromatic rings. The Morgan fingerprint density at radius 3 is 2.28 bits per heavy atom. The van der Waals surface area contributed by atoms with Crippen molar-refractivity contribution in [1.82, 2.24) is 9.13 Å². The van der Waals surface area contributed by atoms with E-state index in [9.17, 15) is 41.8 Å². The van der Waals surface area contributed by atoms with Gasteiger partial charge in [-0.25, -0.2) is 13.8 Å². The number of aliphatic carboxylic acids is 1. The highest BCUT2D eigenvalue weighted by molar-refractivity contribution is 6.32. The summed E-state index contributed by atoms with van der Waals surface area (Å²) in [5.74, 6) is -4.87. The van der Waals surface area contributed by atoms with Gasteiger partial charge in [0.25, 0.3) is 5.56 Å². The maximum atomic E-state index is 14.3. The second-order valence-electron chi connectivity index (χ2n) is 5.70. The summed E-state index contributed by atoms with van der Waals surface area (Å²) in [6, 6.07) is 1.21. The molecule has 0 bridgehead atoms. The van der Waals surface area contributed by atoms with Crippen molar-refractivity contribution in [2.45, 2.75) is 19.2 Å². The number of carbonyl (C=O) groups is 2. The van der Waals surface area contributed by atoms with Crippen LogP contribution in [0.3, 0.4) is 0 Å². The number of rotatable bonds is 5. The zero-order chi connectivity index (χ0) is 22.3. The predicted octanol–water partition coefficient (Wildman–Crippen LogP) is 0.434. The first-order valence-corrected chi connectivity index (χ1v) is 7.91. The average Bonchev–Trinajstić information content (AvgIpc) is 2.57. The number of alkyl halides is 3. The first kappa shape index (κ1) is 22.1. The number of benzene rings is 1. The number of carboxylic acids is 1. The van der Waals surface area contributed by atoms with Crippen LogP contribution in [-0.2, 0) is 22.8 Å². The molecule has 0 aliphatic carbocycles. The molecule has 1 unspecified atom stereocenters. The fourth-order valence-electron chi connectivity index (χ4n) is 2.32. The molecular weight excluding hydrogens is 428 g/mol. The molecule has 156 valence electrons. The molecule has 1 aromatic heterocycles. The smallest absolute Gasteiger partial charge is 0.431 e. The number of carbonyl (C=O) groups excluding carboxylic acids is 2. The Kier molecular flexibility index (Phi) is 5.88. The van der Waals surface area contributed by atoms with Gasteiger partial charge >= 0.3 is 11.9 Å². The van der Waals surface area contributed by atoms with Gasteiger partial charge < -0.3 is 14.6 Å². The van der Waals surface area contributed by atoms with Crippen LogP contribution in [0, 0.1) is 5.82 Å². The molecular formula is C16H10ClF4N2O6-. The summed E-state index contributed by atoms with van der Waals surface area (Å²) in [5, 5.41) is 10.4. The van der Waals surface area contributed by atoms with Crippen molar-refractivity contribution in [3.8, 4) is 11.4 Å². The van der Waals surface area contributed by atoms with Crippen LogP contribution in [-0.4, -0.2) is 27.0 Å². The van der Waals surface area contributed by atoms with Crippen LogP contribution in [0.15, 0.2) is 27.8 Å². The third kappa shape index (κ3) is 4.31. The quantitative estimate of drug-likeness (QED) is 0.495. The first-order valence-electron chi connectivity index (χ1n) is 7.53. The maximum Gasteiger partial charge on any atom is 0.431 e. The molecule has 2 rings (SSSR count). The Labute approximate surface area is 163 Å². The Hall–Kier alpha value is -3.15. The van der Waals surface area contributed by atoms with E-state index in [-0.39, 0.29) is 15.2 Å². The van der Waals surface area contributed by atoms with Gasteiger partial charge in [-0.2, -0.15) is 13.2 Å².